The van der Waals surface area contributed by atoms with Crippen LogP contribution in [0.5, 0.6) is 0 Å². The highest BCUT2D eigenvalue weighted by Gasteiger charge is 2.22. The quantitative estimate of drug-likeness (QED) is 0.699. The minimum atomic E-state index is 0.130. The number of carbonyl (C=O) groups is 1. The molecule has 0 unspecified atom stereocenters. The molecule has 25 heavy (non-hydrogen) atoms. The molecule has 0 bridgehead atoms. The van der Waals surface area contributed by atoms with Crippen LogP contribution >= 0.6 is 35.0 Å². The fraction of sp³-hybridized carbons (Fsp3) is 0.316. The zero-order valence-electron chi connectivity index (χ0n) is 14.0. The number of para-hydroxylation sites is 1. The molecule has 132 valence electrons. The lowest BCUT2D eigenvalue weighted by Gasteiger charge is -2.36. The summed E-state index contributed by atoms with van der Waals surface area (Å²) in [6.45, 7) is 5.31. The average Bonchev–Trinajstić information content (AvgIpc) is 2.62. The van der Waals surface area contributed by atoms with Gasteiger partial charge >= 0.3 is 0 Å². The summed E-state index contributed by atoms with van der Waals surface area (Å²) in [5.41, 5.74) is 2.53. The number of benzene rings is 2. The van der Waals surface area contributed by atoms with Crippen LogP contribution in [-0.4, -0.2) is 42.7 Å². The summed E-state index contributed by atoms with van der Waals surface area (Å²) < 4.78 is 0. The van der Waals surface area contributed by atoms with Gasteiger partial charge in [0.05, 0.1) is 15.8 Å². The van der Waals surface area contributed by atoms with Gasteiger partial charge in [-0.3, -0.25) is 4.79 Å². The number of hydrogen-bond donors (Lipinski definition) is 0. The highest BCUT2D eigenvalue weighted by molar-refractivity contribution is 8.00. The van der Waals surface area contributed by atoms with Gasteiger partial charge in [-0.05, 0) is 30.7 Å². The van der Waals surface area contributed by atoms with Crippen LogP contribution in [0.1, 0.15) is 5.56 Å². The smallest absolute Gasteiger partial charge is 0.233 e. The van der Waals surface area contributed by atoms with E-state index in [-0.39, 0.29) is 5.91 Å². The molecule has 0 radical (unpaired) electrons. The Bertz CT molecular complexity index is 741. The molecule has 0 aromatic heterocycles. The maximum absolute atomic E-state index is 12.5. The van der Waals surface area contributed by atoms with Gasteiger partial charge in [-0.1, -0.05) is 47.5 Å². The second-order valence-corrected chi connectivity index (χ2v) is 7.79. The largest absolute Gasteiger partial charge is 0.368 e. The Labute approximate surface area is 162 Å². The van der Waals surface area contributed by atoms with Gasteiger partial charge < -0.3 is 9.80 Å². The average molecular weight is 395 g/mol. The maximum Gasteiger partial charge on any atom is 0.233 e. The Kier molecular flexibility index (Phi) is 6.15. The highest BCUT2D eigenvalue weighted by atomic mass is 35.5. The summed E-state index contributed by atoms with van der Waals surface area (Å²) >= 11 is 13.7. The Morgan fingerprint density at radius 2 is 1.64 bits per heavy atom. The minimum absolute atomic E-state index is 0.130. The molecule has 2 aromatic rings. The summed E-state index contributed by atoms with van der Waals surface area (Å²) in [6.07, 6.45) is 0. The minimum Gasteiger partial charge on any atom is -0.368 e. The number of rotatable bonds is 4. The lowest BCUT2D eigenvalue weighted by atomic mass is 10.1. The van der Waals surface area contributed by atoms with Gasteiger partial charge in [-0.15, -0.1) is 11.8 Å². The molecule has 6 heteroatoms. The summed E-state index contributed by atoms with van der Waals surface area (Å²) in [7, 11) is 0. The molecule has 0 saturated carbocycles. The van der Waals surface area contributed by atoms with Crippen LogP contribution in [0.4, 0.5) is 5.69 Å². The Morgan fingerprint density at radius 3 is 2.28 bits per heavy atom. The third-order valence-electron chi connectivity index (χ3n) is 4.35. The summed E-state index contributed by atoms with van der Waals surface area (Å²) in [5.74, 6) is 0.485. The van der Waals surface area contributed by atoms with Gasteiger partial charge in [0.1, 0.15) is 0 Å². The van der Waals surface area contributed by atoms with Gasteiger partial charge in [0.2, 0.25) is 5.91 Å². The van der Waals surface area contributed by atoms with Gasteiger partial charge in [-0.2, -0.15) is 0 Å². The van der Waals surface area contributed by atoms with Crippen molar-refractivity contribution in [3.05, 3.63) is 58.1 Å². The lowest BCUT2D eigenvalue weighted by Crippen LogP contribution is -2.49. The van der Waals surface area contributed by atoms with E-state index in [1.807, 2.05) is 4.90 Å². The molecule has 0 aliphatic carbocycles. The van der Waals surface area contributed by atoms with Crippen LogP contribution in [0.3, 0.4) is 0 Å². The number of aryl methyl sites for hydroxylation is 1. The predicted molar refractivity (Wildman–Crippen MR) is 107 cm³/mol. The van der Waals surface area contributed by atoms with Crippen LogP contribution in [0.15, 0.2) is 47.4 Å². The molecule has 0 spiro atoms. The van der Waals surface area contributed by atoms with Gasteiger partial charge in [0.15, 0.2) is 0 Å². The first-order valence-electron chi connectivity index (χ1n) is 8.21. The van der Waals surface area contributed by atoms with Gasteiger partial charge in [0, 0.05) is 36.8 Å². The first kappa shape index (κ1) is 18.4. The van der Waals surface area contributed by atoms with E-state index in [1.54, 1.807) is 18.2 Å². The number of carbonyl (C=O) groups excluding carboxylic acids is 1. The van der Waals surface area contributed by atoms with Crippen LogP contribution in [0.25, 0.3) is 0 Å². The van der Waals surface area contributed by atoms with Crippen molar-refractivity contribution < 1.29 is 4.79 Å². The maximum atomic E-state index is 12.5. The van der Waals surface area contributed by atoms with E-state index in [2.05, 4.69) is 36.1 Å². The van der Waals surface area contributed by atoms with Gasteiger partial charge in [0.25, 0.3) is 0 Å². The molecular formula is C19H20Cl2N2OS. The third-order valence-corrected chi connectivity index (χ3v) is 6.32. The molecule has 0 N–H and O–H groups in total. The topological polar surface area (TPSA) is 23.6 Å². The summed E-state index contributed by atoms with van der Waals surface area (Å²) in [6, 6.07) is 13.8. The molecule has 1 heterocycles. The summed E-state index contributed by atoms with van der Waals surface area (Å²) in [5, 5.41) is 1.18. The first-order chi connectivity index (χ1) is 12.1. The monoisotopic (exact) mass is 394 g/mol. The molecule has 3 rings (SSSR count). The molecule has 1 saturated heterocycles. The van der Waals surface area contributed by atoms with Crippen molar-refractivity contribution in [2.75, 3.05) is 36.8 Å². The number of nitrogens with zero attached hydrogens (tertiary/aromatic N) is 2. The van der Waals surface area contributed by atoms with E-state index in [9.17, 15) is 4.79 Å². The van der Waals surface area contributed by atoms with Crippen LogP contribution < -0.4 is 4.90 Å². The molecule has 3 nitrogen and oxygen atoms in total. The predicted octanol–water partition coefficient (Wildman–Crippen LogP) is 4.74. The molecular weight excluding hydrogens is 375 g/mol. The van der Waals surface area contributed by atoms with Crippen LogP contribution in [0, 0.1) is 6.92 Å². The third kappa shape index (κ3) is 4.43. The van der Waals surface area contributed by atoms with Crippen molar-refractivity contribution in [1.29, 1.82) is 0 Å². The van der Waals surface area contributed by atoms with E-state index < -0.39 is 0 Å². The lowest BCUT2D eigenvalue weighted by molar-refractivity contribution is -0.128. The van der Waals surface area contributed by atoms with Crippen molar-refractivity contribution in [2.24, 2.45) is 0 Å². The molecule has 1 amide bonds. The Hall–Kier alpha value is -1.36. The van der Waals surface area contributed by atoms with E-state index >= 15 is 0 Å². The zero-order valence-corrected chi connectivity index (χ0v) is 16.4. The van der Waals surface area contributed by atoms with E-state index in [0.717, 1.165) is 31.1 Å². The number of halogens is 2. The second-order valence-electron chi connectivity index (χ2n) is 5.99. The van der Waals surface area contributed by atoms with Crippen LogP contribution in [0.2, 0.25) is 10.0 Å². The standard InChI is InChI=1S/C19H20Cl2N2OS/c1-14-5-2-3-8-17(14)22-9-11-23(12-10-22)18(24)13-25-19-15(20)6-4-7-16(19)21/h2-8H,9-13H2,1H3. The fourth-order valence-electron chi connectivity index (χ4n) is 2.96. The molecule has 2 aromatic carbocycles. The van der Waals surface area contributed by atoms with Crippen molar-refractivity contribution in [1.82, 2.24) is 4.90 Å². The normalized spacial score (nSPS) is 14.7. The zero-order chi connectivity index (χ0) is 17.8. The molecule has 1 aliphatic heterocycles. The number of thioether (sulfide) groups is 1. The number of piperazine rings is 1. The number of hydrogen-bond acceptors (Lipinski definition) is 3. The van der Waals surface area contributed by atoms with Gasteiger partial charge in [-0.25, -0.2) is 0 Å². The Morgan fingerprint density at radius 1 is 1.00 bits per heavy atom. The van der Waals surface area contributed by atoms with Crippen molar-refractivity contribution >= 4 is 46.6 Å². The molecule has 1 fully saturated rings. The molecule has 0 atom stereocenters. The number of anilines is 1. The van der Waals surface area contributed by atoms with Crippen LogP contribution in [-0.2, 0) is 4.79 Å². The number of amides is 1. The second kappa shape index (κ2) is 8.35. The summed E-state index contributed by atoms with van der Waals surface area (Å²) in [4.78, 5) is 17.5. The molecule has 1 aliphatic rings. The van der Waals surface area contributed by atoms with Crippen molar-refractivity contribution in [2.45, 2.75) is 11.8 Å². The first-order valence-corrected chi connectivity index (χ1v) is 9.95. The fourth-order valence-corrected chi connectivity index (χ4v) is 4.55. The Balaban J connectivity index is 1.54. The van der Waals surface area contributed by atoms with Crippen molar-refractivity contribution in [3.63, 3.8) is 0 Å². The SMILES string of the molecule is Cc1ccccc1N1CCN(C(=O)CSc2c(Cl)cccc2Cl)CC1. The van der Waals surface area contributed by atoms with E-state index in [1.165, 1.54) is 23.0 Å². The van der Waals surface area contributed by atoms with Crippen molar-refractivity contribution in [3.8, 4) is 0 Å². The highest BCUT2D eigenvalue weighted by Crippen LogP contribution is 2.34. The van der Waals surface area contributed by atoms with E-state index in [4.69, 9.17) is 23.2 Å². The van der Waals surface area contributed by atoms with E-state index in [0.29, 0.717) is 15.8 Å².